The normalized spacial score (nSPS) is 15.8. The Morgan fingerprint density at radius 3 is 2.23 bits per heavy atom. The van der Waals surface area contributed by atoms with Gasteiger partial charge in [-0.25, -0.2) is 0 Å². The number of hydrogen-bond donors (Lipinski definition) is 1. The summed E-state index contributed by atoms with van der Waals surface area (Å²) in [5.74, 6) is 0.745. The third kappa shape index (κ3) is 6.55. The van der Waals surface area contributed by atoms with E-state index in [1.54, 1.807) is 6.07 Å². The minimum absolute atomic E-state index is 0.179. The number of piperazine rings is 1. The number of halogens is 3. The largest absolute Gasteiger partial charge is 0.491 e. The molecule has 1 N–H and O–H groups in total. The van der Waals surface area contributed by atoms with Crippen molar-refractivity contribution < 1.29 is 23.0 Å². The van der Waals surface area contributed by atoms with Crippen LogP contribution in [0.4, 0.5) is 18.9 Å². The van der Waals surface area contributed by atoms with Crippen molar-refractivity contribution in [3.63, 3.8) is 0 Å². The van der Waals surface area contributed by atoms with Crippen LogP contribution in [0.15, 0.2) is 66.7 Å². The van der Waals surface area contributed by atoms with E-state index in [0.717, 1.165) is 28.5 Å². The van der Waals surface area contributed by atoms with Crippen molar-refractivity contribution in [2.24, 2.45) is 0 Å². The van der Waals surface area contributed by atoms with Crippen LogP contribution in [0.5, 0.6) is 5.75 Å². The van der Waals surface area contributed by atoms with Crippen molar-refractivity contribution in [1.29, 1.82) is 0 Å². The van der Waals surface area contributed by atoms with Gasteiger partial charge in [0.25, 0.3) is 0 Å². The van der Waals surface area contributed by atoms with E-state index < -0.39 is 17.8 Å². The molecular formula is C28H31F3N2O2. The molecule has 7 heteroatoms. The monoisotopic (exact) mass is 484 g/mol. The summed E-state index contributed by atoms with van der Waals surface area (Å²) in [6.45, 7) is 7.23. The third-order valence-electron chi connectivity index (χ3n) is 6.37. The van der Waals surface area contributed by atoms with Crippen LogP contribution < -0.4 is 9.64 Å². The summed E-state index contributed by atoms with van der Waals surface area (Å²) in [6.07, 6.45) is -5.01. The molecule has 3 aromatic carbocycles. The number of hydrogen-bond acceptors (Lipinski definition) is 4. The van der Waals surface area contributed by atoms with Gasteiger partial charge in [0.1, 0.15) is 18.5 Å². The quantitative estimate of drug-likeness (QED) is 0.477. The van der Waals surface area contributed by atoms with Crippen molar-refractivity contribution in [2.45, 2.75) is 26.1 Å². The lowest BCUT2D eigenvalue weighted by atomic mass is 10.0. The Morgan fingerprint density at radius 2 is 1.57 bits per heavy atom. The van der Waals surface area contributed by atoms with Crippen LogP contribution in [0, 0.1) is 13.8 Å². The summed E-state index contributed by atoms with van der Waals surface area (Å²) in [5, 5.41) is 10.5. The van der Waals surface area contributed by atoms with E-state index in [2.05, 4.69) is 42.2 Å². The molecule has 1 atom stereocenters. The predicted molar refractivity (Wildman–Crippen MR) is 133 cm³/mol. The molecule has 0 bridgehead atoms. The summed E-state index contributed by atoms with van der Waals surface area (Å²) in [7, 11) is 0. The molecule has 0 radical (unpaired) electrons. The van der Waals surface area contributed by atoms with Gasteiger partial charge in [0.15, 0.2) is 0 Å². The second kappa shape index (κ2) is 10.7. The number of alkyl halides is 3. The van der Waals surface area contributed by atoms with Crippen molar-refractivity contribution in [3.05, 3.63) is 83.4 Å². The molecular weight excluding hydrogens is 453 g/mol. The standard InChI is InChI=1S/C28H31F3N2O2/c1-20-6-8-22(9-7-20)23-10-11-27(21(2)16-23)35-19-26(34)18-32-12-14-33(15-13-32)25-5-3-4-24(17-25)28(29,30)31/h3-11,16-17,26,34H,12-15,18-19H2,1-2H3/t26-/m1/s1. The van der Waals surface area contributed by atoms with Gasteiger partial charge in [0.2, 0.25) is 0 Å². The molecule has 186 valence electrons. The lowest BCUT2D eigenvalue weighted by molar-refractivity contribution is -0.137. The molecule has 35 heavy (non-hydrogen) atoms. The van der Waals surface area contributed by atoms with E-state index in [4.69, 9.17) is 4.74 Å². The molecule has 1 heterocycles. The average Bonchev–Trinajstić information content (AvgIpc) is 2.84. The number of aryl methyl sites for hydroxylation is 2. The first-order chi connectivity index (χ1) is 16.7. The smallest absolute Gasteiger partial charge is 0.416 e. The minimum atomic E-state index is -4.35. The van der Waals surface area contributed by atoms with Crippen molar-refractivity contribution in [3.8, 4) is 16.9 Å². The summed E-state index contributed by atoms with van der Waals surface area (Å²) in [6, 6.07) is 19.9. The lowest BCUT2D eigenvalue weighted by Crippen LogP contribution is -2.49. The molecule has 0 aromatic heterocycles. The molecule has 0 unspecified atom stereocenters. The Bertz CT molecular complexity index is 1120. The third-order valence-corrected chi connectivity index (χ3v) is 6.37. The van der Waals surface area contributed by atoms with Crippen molar-refractivity contribution >= 4 is 5.69 Å². The van der Waals surface area contributed by atoms with Crippen LogP contribution >= 0.6 is 0 Å². The fraction of sp³-hybridized carbons (Fsp3) is 0.357. The number of aliphatic hydroxyl groups is 1. The molecule has 1 aliphatic heterocycles. The topological polar surface area (TPSA) is 35.9 Å². The Hall–Kier alpha value is -3.03. The number of nitrogens with zero attached hydrogens (tertiary/aromatic N) is 2. The molecule has 4 rings (SSSR count). The van der Waals surface area contributed by atoms with Crippen molar-refractivity contribution in [2.75, 3.05) is 44.2 Å². The Labute approximate surface area is 204 Å². The van der Waals surface area contributed by atoms with Gasteiger partial charge in [0.05, 0.1) is 5.56 Å². The number of ether oxygens (including phenoxy) is 1. The number of benzene rings is 3. The number of rotatable bonds is 7. The molecule has 0 amide bonds. The zero-order valence-electron chi connectivity index (χ0n) is 20.1. The predicted octanol–water partition coefficient (Wildman–Crippen LogP) is 5.55. The number of aliphatic hydroxyl groups excluding tert-OH is 1. The van der Waals surface area contributed by atoms with Gasteiger partial charge in [0, 0.05) is 38.4 Å². The summed E-state index contributed by atoms with van der Waals surface area (Å²) in [4.78, 5) is 4.07. The molecule has 1 saturated heterocycles. The van der Waals surface area contributed by atoms with Gasteiger partial charge in [-0.3, -0.25) is 4.90 Å². The van der Waals surface area contributed by atoms with Gasteiger partial charge in [-0.2, -0.15) is 13.2 Å². The minimum Gasteiger partial charge on any atom is -0.491 e. The molecule has 1 aliphatic rings. The maximum absolute atomic E-state index is 13.0. The van der Waals surface area contributed by atoms with Crippen LogP contribution in [0.3, 0.4) is 0 Å². The fourth-order valence-corrected chi connectivity index (χ4v) is 4.34. The van der Waals surface area contributed by atoms with Gasteiger partial charge < -0.3 is 14.7 Å². The second-order valence-corrected chi connectivity index (χ2v) is 9.15. The van der Waals surface area contributed by atoms with Crippen molar-refractivity contribution in [1.82, 2.24) is 4.90 Å². The van der Waals surface area contributed by atoms with Crippen LogP contribution in [0.1, 0.15) is 16.7 Å². The summed E-state index contributed by atoms with van der Waals surface area (Å²) >= 11 is 0. The average molecular weight is 485 g/mol. The van der Waals surface area contributed by atoms with E-state index in [-0.39, 0.29) is 6.61 Å². The summed E-state index contributed by atoms with van der Waals surface area (Å²) in [5.41, 5.74) is 4.44. The highest BCUT2D eigenvalue weighted by atomic mass is 19.4. The van der Waals surface area contributed by atoms with Gasteiger partial charge in [-0.05, 0) is 60.9 Å². The second-order valence-electron chi connectivity index (χ2n) is 9.15. The molecule has 1 fully saturated rings. The van der Waals surface area contributed by atoms with E-state index in [0.29, 0.717) is 38.4 Å². The van der Waals surface area contributed by atoms with Crippen LogP contribution in [0.25, 0.3) is 11.1 Å². The number of β-amino-alcohol motifs (C(OH)–C–C–N with tert-alkyl or cyclic N) is 1. The maximum Gasteiger partial charge on any atom is 0.416 e. The zero-order valence-corrected chi connectivity index (χ0v) is 20.1. The molecule has 0 saturated carbocycles. The van der Waals surface area contributed by atoms with E-state index in [1.165, 1.54) is 17.7 Å². The van der Waals surface area contributed by atoms with E-state index >= 15 is 0 Å². The van der Waals surface area contributed by atoms with Gasteiger partial charge in [-0.15, -0.1) is 0 Å². The highest BCUT2D eigenvalue weighted by molar-refractivity contribution is 5.65. The van der Waals surface area contributed by atoms with Crippen LogP contribution in [-0.4, -0.2) is 55.4 Å². The SMILES string of the molecule is Cc1ccc(-c2ccc(OC[C@H](O)CN3CCN(c4cccc(C(F)(F)F)c4)CC3)c(C)c2)cc1. The first-order valence-electron chi connectivity index (χ1n) is 11.8. The fourth-order valence-electron chi connectivity index (χ4n) is 4.34. The zero-order chi connectivity index (χ0) is 25.0. The molecule has 4 nitrogen and oxygen atoms in total. The first-order valence-corrected chi connectivity index (χ1v) is 11.8. The summed E-state index contributed by atoms with van der Waals surface area (Å²) < 4.78 is 44.9. The van der Waals surface area contributed by atoms with Gasteiger partial charge in [-0.1, -0.05) is 42.0 Å². The number of anilines is 1. The molecule has 0 aliphatic carbocycles. The van der Waals surface area contributed by atoms with E-state index in [1.807, 2.05) is 24.0 Å². The van der Waals surface area contributed by atoms with Crippen LogP contribution in [-0.2, 0) is 6.18 Å². The molecule has 0 spiro atoms. The first kappa shape index (κ1) is 25.1. The highest BCUT2D eigenvalue weighted by Crippen LogP contribution is 2.32. The van der Waals surface area contributed by atoms with Gasteiger partial charge >= 0.3 is 6.18 Å². The lowest BCUT2D eigenvalue weighted by Gasteiger charge is -2.37. The Kier molecular flexibility index (Phi) is 7.67. The Morgan fingerprint density at radius 1 is 0.886 bits per heavy atom. The highest BCUT2D eigenvalue weighted by Gasteiger charge is 2.31. The maximum atomic E-state index is 13.0. The van der Waals surface area contributed by atoms with E-state index in [9.17, 15) is 18.3 Å². The van der Waals surface area contributed by atoms with Crippen LogP contribution in [0.2, 0.25) is 0 Å². The Balaban J connectivity index is 1.25. The molecule has 3 aromatic rings.